The molecular weight excluding hydrogens is 554 g/mol. The fourth-order valence-electron chi connectivity index (χ4n) is 2.07. The fraction of sp³-hybridized carbons (Fsp3) is 0.667. The molecule has 0 aromatic carbocycles. The lowest BCUT2D eigenvalue weighted by Crippen LogP contribution is -2.35. The molecule has 0 bridgehead atoms. The molecule has 0 rings (SSSR count). The second kappa shape index (κ2) is 23.7. The van der Waals surface area contributed by atoms with Gasteiger partial charge in [0.05, 0.1) is 39.0 Å². The second-order valence-electron chi connectivity index (χ2n) is 10.3. The average Bonchev–Trinajstić information content (AvgIpc) is 2.77. The highest BCUT2D eigenvalue weighted by Gasteiger charge is 2.17. The van der Waals surface area contributed by atoms with Crippen LogP contribution in [0.25, 0.3) is 0 Å². The zero-order valence-electron chi connectivity index (χ0n) is 26.1. The quantitative estimate of drug-likeness (QED) is 0.0574. The summed E-state index contributed by atoms with van der Waals surface area (Å²) in [7, 11) is 0. The monoisotopic (exact) mass is 603 g/mol. The van der Waals surface area contributed by atoms with Crippen molar-refractivity contribution < 1.29 is 48.4 Å². The van der Waals surface area contributed by atoms with E-state index >= 15 is 0 Å². The fourth-order valence-corrected chi connectivity index (χ4v) is 2.07. The van der Waals surface area contributed by atoms with E-state index in [0.29, 0.717) is 24.7 Å². The van der Waals surface area contributed by atoms with Crippen molar-refractivity contribution in [2.45, 2.75) is 92.3 Å². The van der Waals surface area contributed by atoms with E-state index in [-0.39, 0.29) is 44.9 Å². The van der Waals surface area contributed by atoms with Crippen LogP contribution < -0.4 is 16.4 Å². The Hall–Kier alpha value is -4.01. The molecule has 0 aliphatic rings. The molecule has 15 nitrogen and oxygen atoms in total. The summed E-state index contributed by atoms with van der Waals surface area (Å²) in [5.74, 6) is -1.33. The Morgan fingerprint density at radius 2 is 1.19 bits per heavy atom. The van der Waals surface area contributed by atoms with Crippen LogP contribution in [0.3, 0.4) is 0 Å². The first-order valence-electron chi connectivity index (χ1n) is 13.1. The normalized spacial score (nSPS) is 11.4. The van der Waals surface area contributed by atoms with E-state index in [1.165, 1.54) is 0 Å². The first-order chi connectivity index (χ1) is 19.2. The minimum Gasteiger partial charge on any atom is -0.481 e. The summed E-state index contributed by atoms with van der Waals surface area (Å²) in [6.45, 7) is 18.3. The maximum Gasteiger partial charge on any atom is 0.413 e. The van der Waals surface area contributed by atoms with Crippen LogP contribution in [0.2, 0.25) is 0 Å². The number of rotatable bonds is 11. The molecule has 0 aliphatic heterocycles. The van der Waals surface area contributed by atoms with Gasteiger partial charge >= 0.3 is 30.1 Å². The molecule has 0 saturated heterocycles. The third-order valence-corrected chi connectivity index (χ3v) is 3.65. The van der Waals surface area contributed by atoms with E-state index in [1.54, 1.807) is 61.5 Å². The molecule has 0 atom stereocenters. The number of amides is 2. The Kier molecular flexibility index (Phi) is 23.9. The summed E-state index contributed by atoms with van der Waals surface area (Å²) in [6, 6.07) is 0. The van der Waals surface area contributed by atoms with Crippen LogP contribution in [0.15, 0.2) is 22.6 Å². The van der Waals surface area contributed by atoms with Gasteiger partial charge in [-0.2, -0.15) is 0 Å². The van der Waals surface area contributed by atoms with Crippen molar-refractivity contribution in [3.8, 4) is 0 Å². The number of carbonyl (C=O) groups is 5. The Labute approximate surface area is 248 Å². The number of esters is 1. The van der Waals surface area contributed by atoms with Crippen LogP contribution in [0.1, 0.15) is 81.1 Å². The molecule has 42 heavy (non-hydrogen) atoms. The highest BCUT2D eigenvalue weighted by Crippen LogP contribution is 2.07. The molecule has 0 aliphatic carbocycles. The van der Waals surface area contributed by atoms with Gasteiger partial charge in [-0.1, -0.05) is 6.08 Å². The number of aliphatic imine (C=N–C) groups is 2. The predicted molar refractivity (Wildman–Crippen MR) is 159 cm³/mol. The van der Waals surface area contributed by atoms with Gasteiger partial charge in [-0.05, 0) is 61.8 Å². The first kappa shape index (κ1) is 42.5. The second-order valence-corrected chi connectivity index (χ2v) is 10.3. The molecule has 0 aromatic rings. The van der Waals surface area contributed by atoms with E-state index in [2.05, 4.69) is 27.2 Å². The van der Waals surface area contributed by atoms with E-state index in [9.17, 15) is 24.0 Å². The Balaban J connectivity index is -0.000000616. The third-order valence-electron chi connectivity index (χ3n) is 3.65. The van der Waals surface area contributed by atoms with Crippen molar-refractivity contribution in [3.63, 3.8) is 0 Å². The molecule has 2 amide bonds. The molecule has 242 valence electrons. The first-order valence-corrected chi connectivity index (χ1v) is 13.1. The van der Waals surface area contributed by atoms with E-state index in [4.69, 9.17) is 30.2 Å². The third kappa shape index (κ3) is 38.1. The van der Waals surface area contributed by atoms with Crippen molar-refractivity contribution >= 4 is 41.8 Å². The maximum absolute atomic E-state index is 11.4. The summed E-state index contributed by atoms with van der Waals surface area (Å²) in [5.41, 5.74) is 3.73. The summed E-state index contributed by atoms with van der Waals surface area (Å²) < 4.78 is 15.0. The van der Waals surface area contributed by atoms with E-state index in [0.717, 1.165) is 0 Å². The maximum atomic E-state index is 11.4. The summed E-state index contributed by atoms with van der Waals surface area (Å²) in [5, 5.41) is 21.1. The summed E-state index contributed by atoms with van der Waals surface area (Å²) >= 11 is 0. The van der Waals surface area contributed by atoms with Gasteiger partial charge in [-0.25, -0.2) is 9.59 Å². The smallest absolute Gasteiger partial charge is 0.413 e. The lowest BCUT2D eigenvalue weighted by molar-refractivity contribution is -0.143. The van der Waals surface area contributed by atoms with Crippen LogP contribution in [0, 0.1) is 0 Å². The Morgan fingerprint density at radius 3 is 1.50 bits per heavy atom. The molecule has 0 aromatic heterocycles. The minimum atomic E-state index is -0.922. The van der Waals surface area contributed by atoms with Crippen LogP contribution in [0.5, 0.6) is 0 Å². The number of carboxylic acids is 2. The number of nitrogens with two attached hydrogens (primary N) is 1. The van der Waals surface area contributed by atoms with Crippen molar-refractivity contribution in [2.75, 3.05) is 26.2 Å². The topological polar surface area (TPSA) is 228 Å². The number of carbonyl (C=O) groups excluding carboxylic acids is 3. The highest BCUT2D eigenvalue weighted by atomic mass is 16.6. The van der Waals surface area contributed by atoms with Crippen molar-refractivity contribution in [1.82, 2.24) is 10.6 Å². The minimum absolute atomic E-state index is 0.0622. The molecule has 6 N–H and O–H groups in total. The zero-order chi connectivity index (χ0) is 33.4. The molecule has 0 radical (unpaired) electrons. The number of nitrogens with one attached hydrogen (secondary N) is 2. The van der Waals surface area contributed by atoms with Crippen molar-refractivity contribution in [1.29, 1.82) is 0 Å². The lowest BCUT2D eigenvalue weighted by atomic mass is 10.2. The van der Waals surface area contributed by atoms with Gasteiger partial charge in [-0.3, -0.25) is 35.0 Å². The molecule has 0 spiro atoms. The van der Waals surface area contributed by atoms with Crippen LogP contribution >= 0.6 is 0 Å². The zero-order valence-corrected chi connectivity index (χ0v) is 26.1. The number of hydrogen-bond acceptors (Lipinski definition) is 11. The number of aliphatic carboxylic acids is 2. The molecule has 0 heterocycles. The van der Waals surface area contributed by atoms with Gasteiger partial charge in [-0.15, -0.1) is 6.58 Å². The number of nitrogens with zero attached hydrogens (tertiary/aromatic N) is 2. The molecular formula is C27H49N5O10. The predicted octanol–water partition coefficient (Wildman–Crippen LogP) is 3.26. The SMILES string of the molecule is C=CCCOC(=O)CCN=C(C)NC(=O)OC(C)(C)C.CC(=NCCC(=O)O)NC(=O)OC(C)(C)C.NCCC(=O)O. The van der Waals surface area contributed by atoms with E-state index < -0.39 is 35.3 Å². The average molecular weight is 604 g/mol. The van der Waals surface area contributed by atoms with Crippen molar-refractivity contribution in [2.24, 2.45) is 15.7 Å². The van der Waals surface area contributed by atoms with Gasteiger partial charge in [0, 0.05) is 6.54 Å². The van der Waals surface area contributed by atoms with E-state index in [1.807, 2.05) is 0 Å². The lowest BCUT2D eigenvalue weighted by Gasteiger charge is -2.19. The van der Waals surface area contributed by atoms with Crippen molar-refractivity contribution in [3.05, 3.63) is 12.7 Å². The number of hydrogen-bond donors (Lipinski definition) is 5. The number of ether oxygens (including phenoxy) is 3. The van der Waals surface area contributed by atoms with Gasteiger partial charge in [0.2, 0.25) is 0 Å². The molecule has 0 unspecified atom stereocenters. The number of alkyl carbamates (subject to hydrolysis) is 2. The van der Waals surface area contributed by atoms with Gasteiger partial charge < -0.3 is 30.2 Å². The number of carboxylic acid groups (broad SMARTS) is 2. The van der Waals surface area contributed by atoms with Gasteiger partial charge in [0.1, 0.15) is 22.9 Å². The van der Waals surface area contributed by atoms with Gasteiger partial charge in [0.15, 0.2) is 0 Å². The number of amidine groups is 2. The highest BCUT2D eigenvalue weighted by molar-refractivity contribution is 5.94. The standard InChI is InChI=1S/C14H24N2O4.C10H18N2O4.C3H7NO2/c1-6-7-10-19-12(17)8-9-15-11(2)16-13(18)20-14(3,4)5;1-7(11-6-5-8(13)14)12-9(15)16-10(2,3)4;4-2-1-3(5)6/h6H,1,7-10H2,2-5H3,(H,15,16,18);5-6H2,1-4H3,(H,13,14)(H,11,12,15);1-2,4H2,(H,5,6). The Morgan fingerprint density at radius 1 is 0.786 bits per heavy atom. The molecule has 15 heteroatoms. The summed E-state index contributed by atoms with van der Waals surface area (Å²) in [6.07, 6.45) is 1.34. The van der Waals surface area contributed by atoms with Crippen LogP contribution in [-0.2, 0) is 28.6 Å². The van der Waals surface area contributed by atoms with Crippen LogP contribution in [0.4, 0.5) is 9.59 Å². The largest absolute Gasteiger partial charge is 0.481 e. The molecule has 0 saturated carbocycles. The van der Waals surface area contributed by atoms with Crippen LogP contribution in [-0.4, -0.2) is 89.4 Å². The summed E-state index contributed by atoms with van der Waals surface area (Å²) in [4.78, 5) is 61.6. The molecule has 0 fully saturated rings. The Bertz CT molecular complexity index is 919. The van der Waals surface area contributed by atoms with Gasteiger partial charge in [0.25, 0.3) is 0 Å².